The SMILES string of the molecule is C=CCOC1CCN(c2ncc(Br)cn2)C1. The molecule has 0 saturated carbocycles. The molecule has 1 fully saturated rings. The quantitative estimate of drug-likeness (QED) is 0.793. The van der Waals surface area contributed by atoms with E-state index >= 15 is 0 Å². The van der Waals surface area contributed by atoms with Crippen molar-refractivity contribution in [3.8, 4) is 0 Å². The maximum absolute atomic E-state index is 5.60. The van der Waals surface area contributed by atoms with E-state index in [-0.39, 0.29) is 6.10 Å². The highest BCUT2D eigenvalue weighted by atomic mass is 79.9. The first kappa shape index (κ1) is 11.5. The second-order valence-corrected chi connectivity index (χ2v) is 4.60. The minimum atomic E-state index is 0.269. The Morgan fingerprint density at radius 2 is 2.31 bits per heavy atom. The zero-order chi connectivity index (χ0) is 11.4. The molecule has 1 aliphatic heterocycles. The van der Waals surface area contributed by atoms with Gasteiger partial charge in [-0.2, -0.15) is 0 Å². The average Bonchev–Trinajstić information content (AvgIpc) is 2.76. The predicted octanol–water partition coefficient (Wildman–Crippen LogP) is 2.02. The lowest BCUT2D eigenvalue weighted by atomic mass is 10.3. The summed E-state index contributed by atoms with van der Waals surface area (Å²) in [6.07, 6.45) is 6.59. The Kier molecular flexibility index (Phi) is 3.90. The van der Waals surface area contributed by atoms with Gasteiger partial charge in [-0.05, 0) is 22.4 Å². The van der Waals surface area contributed by atoms with Gasteiger partial charge in [-0.25, -0.2) is 9.97 Å². The van der Waals surface area contributed by atoms with Gasteiger partial charge in [-0.3, -0.25) is 0 Å². The van der Waals surface area contributed by atoms with Crippen LogP contribution in [0.4, 0.5) is 5.95 Å². The third-order valence-corrected chi connectivity index (χ3v) is 2.89. The molecule has 1 saturated heterocycles. The van der Waals surface area contributed by atoms with E-state index in [1.54, 1.807) is 18.5 Å². The van der Waals surface area contributed by atoms with Gasteiger partial charge in [-0.1, -0.05) is 6.08 Å². The minimum absolute atomic E-state index is 0.269. The molecule has 0 N–H and O–H groups in total. The molecule has 1 aromatic heterocycles. The van der Waals surface area contributed by atoms with E-state index in [4.69, 9.17) is 4.74 Å². The van der Waals surface area contributed by atoms with E-state index in [9.17, 15) is 0 Å². The first-order valence-electron chi connectivity index (χ1n) is 5.24. The van der Waals surface area contributed by atoms with Crippen molar-refractivity contribution < 1.29 is 4.74 Å². The summed E-state index contributed by atoms with van der Waals surface area (Å²) in [5.41, 5.74) is 0. The highest BCUT2D eigenvalue weighted by molar-refractivity contribution is 9.10. The monoisotopic (exact) mass is 283 g/mol. The molecule has 0 aliphatic carbocycles. The van der Waals surface area contributed by atoms with Gasteiger partial charge >= 0.3 is 0 Å². The van der Waals surface area contributed by atoms with E-state index in [0.717, 1.165) is 29.9 Å². The Balaban J connectivity index is 1.92. The summed E-state index contributed by atoms with van der Waals surface area (Å²) >= 11 is 3.32. The highest BCUT2D eigenvalue weighted by Crippen LogP contribution is 2.18. The number of rotatable bonds is 4. The second-order valence-electron chi connectivity index (χ2n) is 3.68. The van der Waals surface area contributed by atoms with Crippen LogP contribution in [0, 0.1) is 0 Å². The van der Waals surface area contributed by atoms with Crippen molar-refractivity contribution in [2.45, 2.75) is 12.5 Å². The topological polar surface area (TPSA) is 38.2 Å². The zero-order valence-corrected chi connectivity index (χ0v) is 10.6. The van der Waals surface area contributed by atoms with E-state index in [1.165, 1.54) is 0 Å². The maximum Gasteiger partial charge on any atom is 0.225 e. The van der Waals surface area contributed by atoms with Crippen molar-refractivity contribution in [1.82, 2.24) is 9.97 Å². The normalized spacial score (nSPS) is 20.1. The van der Waals surface area contributed by atoms with Crippen molar-refractivity contribution in [1.29, 1.82) is 0 Å². The number of hydrogen-bond donors (Lipinski definition) is 0. The molecule has 0 spiro atoms. The van der Waals surface area contributed by atoms with Gasteiger partial charge in [0.1, 0.15) is 0 Å². The van der Waals surface area contributed by atoms with E-state index in [0.29, 0.717) is 6.61 Å². The maximum atomic E-state index is 5.60. The largest absolute Gasteiger partial charge is 0.372 e. The Morgan fingerprint density at radius 3 is 3.00 bits per heavy atom. The smallest absolute Gasteiger partial charge is 0.225 e. The van der Waals surface area contributed by atoms with Gasteiger partial charge < -0.3 is 9.64 Å². The van der Waals surface area contributed by atoms with Crippen LogP contribution < -0.4 is 4.90 Å². The number of nitrogens with zero attached hydrogens (tertiary/aromatic N) is 3. The molecule has 4 nitrogen and oxygen atoms in total. The lowest BCUT2D eigenvalue weighted by Crippen LogP contribution is -2.24. The molecule has 16 heavy (non-hydrogen) atoms. The Bertz CT molecular complexity index is 355. The molecule has 0 radical (unpaired) electrons. The molecule has 1 atom stereocenters. The fourth-order valence-electron chi connectivity index (χ4n) is 1.72. The van der Waals surface area contributed by atoms with Gasteiger partial charge in [0.05, 0.1) is 17.2 Å². The number of halogens is 1. The summed E-state index contributed by atoms with van der Waals surface area (Å²) in [5.74, 6) is 0.771. The van der Waals surface area contributed by atoms with Crippen LogP contribution in [0.25, 0.3) is 0 Å². The predicted molar refractivity (Wildman–Crippen MR) is 66.5 cm³/mol. The Morgan fingerprint density at radius 1 is 1.56 bits per heavy atom. The molecule has 5 heteroatoms. The summed E-state index contributed by atoms with van der Waals surface area (Å²) in [5, 5.41) is 0. The number of anilines is 1. The molecule has 86 valence electrons. The van der Waals surface area contributed by atoms with Crippen LogP contribution in [0.15, 0.2) is 29.5 Å². The number of ether oxygens (including phenoxy) is 1. The molecule has 1 unspecified atom stereocenters. The standard InChI is InChI=1S/C11H14BrN3O/c1-2-5-16-10-3-4-15(8-10)11-13-6-9(12)7-14-11/h2,6-7,10H,1,3-5,8H2. The lowest BCUT2D eigenvalue weighted by molar-refractivity contribution is 0.0908. The fourth-order valence-corrected chi connectivity index (χ4v) is 1.92. The van der Waals surface area contributed by atoms with Crippen LogP contribution in [0.1, 0.15) is 6.42 Å². The molecule has 2 rings (SSSR count). The summed E-state index contributed by atoms with van der Waals surface area (Å²) < 4.78 is 6.50. The van der Waals surface area contributed by atoms with Gasteiger partial charge in [0.15, 0.2) is 0 Å². The minimum Gasteiger partial charge on any atom is -0.372 e. The molecule has 0 aromatic carbocycles. The average molecular weight is 284 g/mol. The van der Waals surface area contributed by atoms with E-state index in [2.05, 4.69) is 37.4 Å². The molecular weight excluding hydrogens is 270 g/mol. The van der Waals surface area contributed by atoms with Gasteiger partial charge in [-0.15, -0.1) is 6.58 Å². The van der Waals surface area contributed by atoms with Crippen LogP contribution in [-0.2, 0) is 4.74 Å². The van der Waals surface area contributed by atoms with Crippen molar-refractivity contribution in [2.24, 2.45) is 0 Å². The summed E-state index contributed by atoms with van der Waals surface area (Å²) in [4.78, 5) is 10.7. The molecule has 2 heterocycles. The van der Waals surface area contributed by atoms with Crippen LogP contribution in [0.2, 0.25) is 0 Å². The third kappa shape index (κ3) is 2.80. The fraction of sp³-hybridized carbons (Fsp3) is 0.455. The summed E-state index contributed by atoms with van der Waals surface area (Å²) in [6, 6.07) is 0. The Labute approximate surface area is 103 Å². The van der Waals surface area contributed by atoms with Crippen LogP contribution >= 0.6 is 15.9 Å². The van der Waals surface area contributed by atoms with Crippen LogP contribution in [0.5, 0.6) is 0 Å². The van der Waals surface area contributed by atoms with Crippen molar-refractivity contribution in [3.63, 3.8) is 0 Å². The molecule has 0 amide bonds. The highest BCUT2D eigenvalue weighted by Gasteiger charge is 2.24. The molecule has 0 bridgehead atoms. The first-order chi connectivity index (χ1) is 7.79. The first-order valence-corrected chi connectivity index (χ1v) is 6.04. The van der Waals surface area contributed by atoms with Crippen molar-refractivity contribution in [3.05, 3.63) is 29.5 Å². The van der Waals surface area contributed by atoms with Crippen molar-refractivity contribution in [2.75, 3.05) is 24.6 Å². The lowest BCUT2D eigenvalue weighted by Gasteiger charge is -2.15. The zero-order valence-electron chi connectivity index (χ0n) is 8.97. The van der Waals surface area contributed by atoms with Gasteiger partial charge in [0, 0.05) is 25.5 Å². The van der Waals surface area contributed by atoms with Gasteiger partial charge in [0.25, 0.3) is 0 Å². The van der Waals surface area contributed by atoms with E-state index < -0.39 is 0 Å². The molecule has 1 aromatic rings. The summed E-state index contributed by atoms with van der Waals surface area (Å²) in [7, 11) is 0. The van der Waals surface area contributed by atoms with Crippen LogP contribution in [0.3, 0.4) is 0 Å². The number of hydrogen-bond acceptors (Lipinski definition) is 4. The second kappa shape index (κ2) is 5.41. The summed E-state index contributed by atoms with van der Waals surface area (Å²) in [6.45, 7) is 6.06. The third-order valence-electron chi connectivity index (χ3n) is 2.48. The van der Waals surface area contributed by atoms with Crippen LogP contribution in [-0.4, -0.2) is 35.8 Å². The molecule has 1 aliphatic rings. The van der Waals surface area contributed by atoms with Crippen molar-refractivity contribution >= 4 is 21.9 Å². The number of aromatic nitrogens is 2. The van der Waals surface area contributed by atoms with Gasteiger partial charge in [0.2, 0.25) is 5.95 Å². The molecular formula is C11H14BrN3O. The Hall–Kier alpha value is -0.940. The van der Waals surface area contributed by atoms with E-state index in [1.807, 2.05) is 0 Å².